The molecule has 0 aromatic heterocycles. The Kier molecular flexibility index (Phi) is 4.42. The van der Waals surface area contributed by atoms with Crippen LogP contribution in [0.2, 0.25) is 0 Å². The Morgan fingerprint density at radius 2 is 1.95 bits per heavy atom. The van der Waals surface area contributed by atoms with Crippen LogP contribution in [0.4, 0.5) is 0 Å². The number of aliphatic imine (C=N–C) groups is 1. The molecule has 2 nitrogen and oxygen atoms in total. The molecule has 0 spiro atoms. The molecule has 0 aromatic carbocycles. The van der Waals surface area contributed by atoms with Crippen LogP contribution in [-0.2, 0) is 0 Å². The van der Waals surface area contributed by atoms with Gasteiger partial charge in [0.2, 0.25) is 0 Å². The van der Waals surface area contributed by atoms with E-state index < -0.39 is 0 Å². The van der Waals surface area contributed by atoms with Crippen molar-refractivity contribution < 1.29 is 0 Å². The van der Waals surface area contributed by atoms with Crippen LogP contribution in [0, 0.1) is 17.8 Å². The van der Waals surface area contributed by atoms with Gasteiger partial charge in [-0.2, -0.15) is 0 Å². The van der Waals surface area contributed by atoms with Gasteiger partial charge in [0.1, 0.15) is 10.2 Å². The maximum atomic E-state index is 5.57. The van der Waals surface area contributed by atoms with Gasteiger partial charge in [-0.3, -0.25) is 4.99 Å². The molecule has 3 atom stereocenters. The van der Waals surface area contributed by atoms with E-state index in [4.69, 9.17) is 17.2 Å². The van der Waals surface area contributed by atoms with Crippen molar-refractivity contribution in [2.75, 3.05) is 5.75 Å². The quantitative estimate of drug-likeness (QED) is 0.706. The van der Waals surface area contributed by atoms with E-state index in [1.165, 1.54) is 37.9 Å². The van der Waals surface area contributed by atoms with Gasteiger partial charge in [-0.1, -0.05) is 64.0 Å². The van der Waals surface area contributed by atoms with E-state index in [1.807, 2.05) is 11.8 Å². The number of nitrogens with zero attached hydrogens (tertiary/aromatic N) is 2. The molecule has 0 aromatic rings. The first-order chi connectivity index (χ1) is 9.59. The third kappa shape index (κ3) is 2.54. The zero-order chi connectivity index (χ0) is 14.3. The molecule has 0 bridgehead atoms. The number of thioether (sulfide) groups is 1. The highest BCUT2D eigenvalue weighted by Gasteiger charge is 2.44. The predicted molar refractivity (Wildman–Crippen MR) is 92.5 cm³/mol. The van der Waals surface area contributed by atoms with Gasteiger partial charge in [-0.25, -0.2) is 0 Å². The lowest BCUT2D eigenvalue weighted by Gasteiger charge is -2.44. The molecule has 2 fully saturated rings. The van der Waals surface area contributed by atoms with Gasteiger partial charge in [-0.05, 0) is 24.7 Å². The summed E-state index contributed by atoms with van der Waals surface area (Å²) in [4.78, 5) is 7.42. The predicted octanol–water partition coefficient (Wildman–Crippen LogP) is 4.34. The van der Waals surface area contributed by atoms with Gasteiger partial charge < -0.3 is 4.90 Å². The van der Waals surface area contributed by atoms with Crippen molar-refractivity contribution in [2.45, 2.75) is 65.0 Å². The average molecular weight is 311 g/mol. The fraction of sp³-hybridized carbons (Fsp3) is 0.875. The smallest absolute Gasteiger partial charge is 0.142 e. The molecule has 20 heavy (non-hydrogen) atoms. The molecular weight excluding hydrogens is 284 g/mol. The average Bonchev–Trinajstić information content (AvgIpc) is 2.81. The van der Waals surface area contributed by atoms with Crippen molar-refractivity contribution in [1.82, 2.24) is 4.90 Å². The molecule has 3 aliphatic rings. The summed E-state index contributed by atoms with van der Waals surface area (Å²) >= 11 is 7.40. The molecule has 0 radical (unpaired) electrons. The normalized spacial score (nSPS) is 35.4. The van der Waals surface area contributed by atoms with E-state index in [-0.39, 0.29) is 0 Å². The summed E-state index contributed by atoms with van der Waals surface area (Å²) in [7, 11) is 0. The van der Waals surface area contributed by atoms with Crippen molar-refractivity contribution in [3.63, 3.8) is 0 Å². The maximum absolute atomic E-state index is 5.57. The lowest BCUT2D eigenvalue weighted by Crippen LogP contribution is -2.53. The van der Waals surface area contributed by atoms with Gasteiger partial charge in [0.15, 0.2) is 0 Å². The van der Waals surface area contributed by atoms with Crippen LogP contribution in [0.25, 0.3) is 0 Å². The molecule has 3 rings (SSSR count). The zero-order valence-electron chi connectivity index (χ0n) is 12.8. The van der Waals surface area contributed by atoms with Crippen LogP contribution in [0.1, 0.15) is 52.9 Å². The fourth-order valence-electron chi connectivity index (χ4n) is 3.91. The monoisotopic (exact) mass is 310 g/mol. The summed E-state index contributed by atoms with van der Waals surface area (Å²) in [6.07, 6.45) is 7.02. The highest BCUT2D eigenvalue weighted by molar-refractivity contribution is 8.23. The number of amidine groups is 1. The van der Waals surface area contributed by atoms with Crippen LogP contribution in [-0.4, -0.2) is 32.9 Å². The number of hydrogen-bond acceptors (Lipinski definition) is 3. The lowest BCUT2D eigenvalue weighted by molar-refractivity contribution is 0.243. The van der Waals surface area contributed by atoms with E-state index in [0.717, 1.165) is 16.0 Å². The van der Waals surface area contributed by atoms with E-state index in [1.54, 1.807) is 0 Å². The van der Waals surface area contributed by atoms with Crippen molar-refractivity contribution in [2.24, 2.45) is 22.7 Å². The van der Waals surface area contributed by atoms with E-state index in [9.17, 15) is 0 Å². The van der Waals surface area contributed by atoms with Crippen LogP contribution in [0.15, 0.2) is 4.99 Å². The third-order valence-corrected chi connectivity index (χ3v) is 6.76. The second kappa shape index (κ2) is 5.96. The molecule has 0 amide bonds. The Bertz CT molecular complexity index is 413. The maximum Gasteiger partial charge on any atom is 0.142 e. The van der Waals surface area contributed by atoms with Crippen LogP contribution < -0.4 is 0 Å². The number of thiocarbonyl (C=S) groups is 1. The van der Waals surface area contributed by atoms with Crippen molar-refractivity contribution >= 4 is 34.1 Å². The Morgan fingerprint density at radius 1 is 1.25 bits per heavy atom. The molecule has 0 N–H and O–H groups in total. The van der Waals surface area contributed by atoms with E-state index in [2.05, 4.69) is 25.7 Å². The molecule has 2 heterocycles. The first kappa shape index (κ1) is 14.8. The Hall–Kier alpha value is -0.0900. The Morgan fingerprint density at radius 3 is 2.55 bits per heavy atom. The molecule has 2 aliphatic heterocycles. The van der Waals surface area contributed by atoms with Gasteiger partial charge >= 0.3 is 0 Å². The topological polar surface area (TPSA) is 15.6 Å². The highest BCUT2D eigenvalue weighted by Crippen LogP contribution is 2.40. The SMILES string of the molecule is CC(C)[C@H]1CSC(=S)N1C1=N[C@H](C2CCCCC2)[C@H]1C. The third-order valence-electron chi connectivity index (χ3n) is 5.26. The lowest BCUT2D eigenvalue weighted by atomic mass is 9.76. The zero-order valence-corrected chi connectivity index (χ0v) is 14.5. The summed E-state index contributed by atoms with van der Waals surface area (Å²) in [6.45, 7) is 6.97. The minimum Gasteiger partial charge on any atom is -0.311 e. The summed E-state index contributed by atoms with van der Waals surface area (Å²) < 4.78 is 1.05. The van der Waals surface area contributed by atoms with E-state index in [0.29, 0.717) is 23.9 Å². The number of rotatable bonds is 2. The molecule has 112 valence electrons. The molecule has 1 saturated heterocycles. The molecule has 1 saturated carbocycles. The second-order valence-corrected chi connectivity index (χ2v) is 8.58. The number of hydrogen-bond donors (Lipinski definition) is 0. The summed E-state index contributed by atoms with van der Waals surface area (Å²) in [6, 6.07) is 1.13. The van der Waals surface area contributed by atoms with Gasteiger partial charge in [0.25, 0.3) is 0 Å². The van der Waals surface area contributed by atoms with Gasteiger partial charge in [0, 0.05) is 17.7 Å². The highest BCUT2D eigenvalue weighted by atomic mass is 32.2. The minimum absolute atomic E-state index is 0.556. The first-order valence-electron chi connectivity index (χ1n) is 8.13. The summed E-state index contributed by atoms with van der Waals surface area (Å²) in [5.74, 6) is 4.51. The summed E-state index contributed by atoms with van der Waals surface area (Å²) in [5.41, 5.74) is 0. The Labute approximate surface area is 132 Å². The van der Waals surface area contributed by atoms with Gasteiger partial charge in [0.05, 0.1) is 6.04 Å². The van der Waals surface area contributed by atoms with Crippen molar-refractivity contribution in [3.05, 3.63) is 0 Å². The largest absolute Gasteiger partial charge is 0.311 e. The fourth-order valence-corrected chi connectivity index (χ4v) is 5.56. The van der Waals surface area contributed by atoms with Crippen molar-refractivity contribution in [3.8, 4) is 0 Å². The second-order valence-electron chi connectivity index (χ2n) is 6.92. The van der Waals surface area contributed by atoms with Gasteiger partial charge in [-0.15, -0.1) is 0 Å². The molecule has 0 unspecified atom stereocenters. The summed E-state index contributed by atoms with van der Waals surface area (Å²) in [5, 5.41) is 0. The van der Waals surface area contributed by atoms with Crippen LogP contribution >= 0.6 is 24.0 Å². The van der Waals surface area contributed by atoms with Crippen LogP contribution in [0.3, 0.4) is 0 Å². The van der Waals surface area contributed by atoms with E-state index >= 15 is 0 Å². The molecular formula is C16H26N2S2. The van der Waals surface area contributed by atoms with Crippen molar-refractivity contribution in [1.29, 1.82) is 0 Å². The molecule has 1 aliphatic carbocycles. The minimum atomic E-state index is 0.556. The molecule has 4 heteroatoms. The standard InChI is InChI=1S/C16H26N2S2/c1-10(2)13-9-20-16(19)18(13)15-11(3)14(17-15)12-7-5-4-6-8-12/h10-14H,4-9H2,1-3H3/t11-,13-,14+/m1/s1. The Balaban J connectivity index is 1.73. The first-order valence-corrected chi connectivity index (χ1v) is 9.52. The van der Waals surface area contributed by atoms with Crippen LogP contribution in [0.5, 0.6) is 0 Å².